The Balaban J connectivity index is 0.000000125. The van der Waals surface area contributed by atoms with E-state index in [4.69, 9.17) is 8.83 Å². The van der Waals surface area contributed by atoms with E-state index in [0.29, 0.717) is 23.7 Å². The van der Waals surface area contributed by atoms with Gasteiger partial charge in [0.05, 0.1) is 6.26 Å². The van der Waals surface area contributed by atoms with E-state index in [2.05, 4.69) is 98.5 Å². The van der Waals surface area contributed by atoms with Gasteiger partial charge in [0, 0.05) is 68.9 Å². The number of fused-ring (bicyclic) bond motifs is 4. The summed E-state index contributed by atoms with van der Waals surface area (Å²) >= 11 is 1.79. The summed E-state index contributed by atoms with van der Waals surface area (Å²) < 4.78 is 10.8. The van der Waals surface area contributed by atoms with Gasteiger partial charge < -0.3 is 13.8 Å². The summed E-state index contributed by atoms with van der Waals surface area (Å²) in [6.07, 6.45) is 11.0. The highest BCUT2D eigenvalue weighted by molar-refractivity contribution is 7.18. The maximum absolute atomic E-state index is 5.52. The van der Waals surface area contributed by atoms with Gasteiger partial charge in [0.15, 0.2) is 0 Å². The van der Waals surface area contributed by atoms with Crippen LogP contribution in [0.1, 0.15) is 101 Å². The summed E-state index contributed by atoms with van der Waals surface area (Å²) in [5, 5.41) is 4.73. The number of nitrogens with one attached hydrogen (secondary N) is 1. The van der Waals surface area contributed by atoms with Crippen LogP contribution in [-0.4, -0.2) is 24.9 Å². The van der Waals surface area contributed by atoms with Crippen molar-refractivity contribution in [3.63, 3.8) is 0 Å². The van der Waals surface area contributed by atoms with Gasteiger partial charge in [0.1, 0.15) is 16.2 Å². The van der Waals surface area contributed by atoms with Crippen molar-refractivity contribution in [1.82, 2.24) is 24.9 Å². The van der Waals surface area contributed by atoms with Crippen molar-refractivity contribution >= 4 is 54.8 Å². The second kappa shape index (κ2) is 15.8. The molecule has 0 aliphatic carbocycles. The summed E-state index contributed by atoms with van der Waals surface area (Å²) in [5.74, 6) is 3.10. The van der Waals surface area contributed by atoms with Gasteiger partial charge in [-0.25, -0.2) is 19.9 Å². The number of aromatic nitrogens is 5. The Morgan fingerprint density at radius 2 is 1.23 bits per heavy atom. The number of H-pyrrole nitrogens is 1. The molecule has 0 aliphatic heterocycles. The van der Waals surface area contributed by atoms with Gasteiger partial charge in [-0.3, -0.25) is 0 Å². The molecule has 0 radical (unpaired) electrons. The minimum absolute atomic E-state index is 0.430. The van der Waals surface area contributed by atoms with Crippen molar-refractivity contribution in [1.29, 1.82) is 0 Å². The van der Waals surface area contributed by atoms with Crippen LogP contribution in [0, 0.1) is 0 Å². The van der Waals surface area contributed by atoms with Crippen LogP contribution in [0.2, 0.25) is 0 Å². The first-order valence-electron chi connectivity index (χ1n) is 16.5. The van der Waals surface area contributed by atoms with Crippen LogP contribution in [0.15, 0.2) is 107 Å². The van der Waals surface area contributed by atoms with Crippen LogP contribution < -0.4 is 0 Å². The lowest BCUT2D eigenvalue weighted by atomic mass is 10.0. The van der Waals surface area contributed by atoms with Crippen molar-refractivity contribution in [2.24, 2.45) is 0 Å². The predicted octanol–water partition coefficient (Wildman–Crippen LogP) is 12.0. The Morgan fingerprint density at radius 1 is 0.604 bits per heavy atom. The Kier molecular flexibility index (Phi) is 11.4. The highest BCUT2D eigenvalue weighted by atomic mass is 32.1. The molecule has 0 unspecified atom stereocenters. The standard InChI is InChI=1S/C10H12N2.2C10H11NO.C10H11NS/c2*1-7(2)9-6-12-10-8(9)4-3-5-11-10;2*1-7(2)9-6-8-4-3-5-11-10(8)12-9/h3-7H,1-2H3,(H,11,12);3*3-7H,1-2H3. The predicted molar refractivity (Wildman–Crippen MR) is 200 cm³/mol. The maximum atomic E-state index is 5.52. The summed E-state index contributed by atoms with van der Waals surface area (Å²) in [5.41, 5.74) is 5.04. The van der Waals surface area contributed by atoms with E-state index in [1.807, 2.05) is 61.1 Å². The zero-order valence-corrected chi connectivity index (χ0v) is 29.9. The molecule has 0 amide bonds. The summed E-state index contributed by atoms with van der Waals surface area (Å²) in [6.45, 7) is 17.3. The fraction of sp³-hybridized carbons (Fsp3) is 0.300. The molecule has 8 rings (SSSR count). The highest BCUT2D eigenvalue weighted by Gasteiger charge is 2.09. The second-order valence-corrected chi connectivity index (χ2v) is 14.0. The quantitative estimate of drug-likeness (QED) is 0.202. The highest BCUT2D eigenvalue weighted by Crippen LogP contribution is 2.29. The molecular formula is C40H45N5O2S. The van der Waals surface area contributed by atoms with Gasteiger partial charge in [-0.2, -0.15) is 0 Å². The fourth-order valence-electron chi connectivity index (χ4n) is 5.14. The molecule has 1 N–H and O–H groups in total. The normalized spacial score (nSPS) is 11.2. The average Bonchev–Trinajstić information content (AvgIpc) is 3.89. The smallest absolute Gasteiger partial charge is 0.226 e. The lowest BCUT2D eigenvalue weighted by Gasteiger charge is -2.00. The monoisotopic (exact) mass is 659 g/mol. The van der Waals surface area contributed by atoms with Crippen molar-refractivity contribution in [2.45, 2.75) is 79.1 Å². The molecule has 0 spiro atoms. The number of hydrogen-bond donors (Lipinski definition) is 1. The molecular weight excluding hydrogens is 615 g/mol. The first kappa shape index (κ1) is 34.5. The maximum Gasteiger partial charge on any atom is 0.226 e. The molecule has 0 saturated heterocycles. The van der Waals surface area contributed by atoms with E-state index in [1.165, 1.54) is 26.8 Å². The lowest BCUT2D eigenvalue weighted by Crippen LogP contribution is -1.83. The van der Waals surface area contributed by atoms with Gasteiger partial charge >= 0.3 is 0 Å². The Bertz CT molecular complexity index is 1950. The number of pyridine rings is 4. The Labute approximate surface area is 286 Å². The molecule has 248 valence electrons. The first-order chi connectivity index (χ1) is 23.1. The van der Waals surface area contributed by atoms with Crippen molar-refractivity contribution in [3.05, 3.63) is 120 Å². The number of rotatable bonds is 4. The lowest BCUT2D eigenvalue weighted by molar-refractivity contribution is 0.514. The molecule has 0 atom stereocenters. The molecule has 48 heavy (non-hydrogen) atoms. The van der Waals surface area contributed by atoms with Crippen molar-refractivity contribution in [2.75, 3.05) is 0 Å². The van der Waals surface area contributed by atoms with Gasteiger partial charge in [-0.15, -0.1) is 11.3 Å². The van der Waals surface area contributed by atoms with Crippen LogP contribution in [0.3, 0.4) is 0 Å². The molecule has 8 aromatic rings. The SMILES string of the molecule is CC(C)c1c[nH]c2ncccc12.CC(C)c1cc2cccnc2o1.CC(C)c1cc2cccnc2s1.CC(C)c1coc2ncccc12. The third kappa shape index (κ3) is 8.36. The van der Waals surface area contributed by atoms with E-state index in [9.17, 15) is 0 Å². The number of thiophene rings is 1. The Hall–Kier alpha value is -4.82. The van der Waals surface area contributed by atoms with E-state index < -0.39 is 0 Å². The number of furan rings is 2. The second-order valence-electron chi connectivity index (χ2n) is 12.9. The van der Waals surface area contributed by atoms with Crippen LogP contribution in [0.5, 0.6) is 0 Å². The van der Waals surface area contributed by atoms with Gasteiger partial charge in [0.25, 0.3) is 0 Å². The molecule has 0 saturated carbocycles. The number of hydrogen-bond acceptors (Lipinski definition) is 7. The third-order valence-corrected chi connectivity index (χ3v) is 9.23. The van der Waals surface area contributed by atoms with E-state index >= 15 is 0 Å². The topological polar surface area (TPSA) is 93.6 Å². The van der Waals surface area contributed by atoms with Gasteiger partial charge in [0.2, 0.25) is 11.4 Å². The van der Waals surface area contributed by atoms with Gasteiger partial charge in [-0.1, -0.05) is 61.5 Å². The molecule has 8 heteroatoms. The first-order valence-corrected chi connectivity index (χ1v) is 17.4. The van der Waals surface area contributed by atoms with Crippen LogP contribution in [-0.2, 0) is 0 Å². The van der Waals surface area contributed by atoms with Crippen LogP contribution in [0.4, 0.5) is 0 Å². The molecule has 0 aliphatic rings. The molecule has 7 nitrogen and oxygen atoms in total. The zero-order chi connectivity index (χ0) is 34.2. The van der Waals surface area contributed by atoms with Crippen molar-refractivity contribution in [3.8, 4) is 0 Å². The number of aromatic amines is 1. The fourth-order valence-corrected chi connectivity index (χ4v) is 6.15. The van der Waals surface area contributed by atoms with E-state index in [-0.39, 0.29) is 0 Å². The molecule has 8 heterocycles. The molecule has 0 aromatic carbocycles. The Morgan fingerprint density at radius 3 is 1.88 bits per heavy atom. The average molecular weight is 660 g/mol. The van der Waals surface area contributed by atoms with E-state index in [1.54, 1.807) is 30.0 Å². The summed E-state index contributed by atoms with van der Waals surface area (Å²) in [4.78, 5) is 22.5. The summed E-state index contributed by atoms with van der Waals surface area (Å²) in [6, 6.07) is 20.4. The minimum Gasteiger partial charge on any atom is -0.446 e. The van der Waals surface area contributed by atoms with E-state index in [0.717, 1.165) is 38.4 Å². The van der Waals surface area contributed by atoms with Crippen LogP contribution in [0.25, 0.3) is 43.4 Å². The number of nitrogens with zero attached hydrogens (tertiary/aromatic N) is 4. The van der Waals surface area contributed by atoms with Crippen LogP contribution >= 0.6 is 11.3 Å². The zero-order valence-electron chi connectivity index (χ0n) is 29.1. The molecule has 0 bridgehead atoms. The third-order valence-electron chi connectivity index (χ3n) is 7.87. The largest absolute Gasteiger partial charge is 0.446 e. The van der Waals surface area contributed by atoms with Crippen molar-refractivity contribution < 1.29 is 8.83 Å². The summed E-state index contributed by atoms with van der Waals surface area (Å²) in [7, 11) is 0. The molecule has 8 aromatic heterocycles. The minimum atomic E-state index is 0.430. The molecule has 0 fully saturated rings. The van der Waals surface area contributed by atoms with Gasteiger partial charge in [-0.05, 0) is 77.9 Å².